The maximum absolute atomic E-state index is 13.5. The molecule has 1 aromatic carbocycles. The molecule has 0 bridgehead atoms. The fraction of sp³-hybridized carbons (Fsp3) is 0.385. The molecule has 0 saturated carbocycles. The summed E-state index contributed by atoms with van der Waals surface area (Å²) in [5, 5.41) is 6.95. The molecule has 1 aromatic heterocycles. The van der Waals surface area contributed by atoms with E-state index in [1.165, 1.54) is 6.07 Å². The maximum Gasteiger partial charge on any atom is 0.246 e. The van der Waals surface area contributed by atoms with E-state index in [4.69, 9.17) is 4.52 Å². The normalized spacial score (nSPS) is 11.8. The van der Waals surface area contributed by atoms with Gasteiger partial charge in [0.05, 0.1) is 5.54 Å². The number of nitrogens with zero attached hydrogens (tertiary/aromatic N) is 2. The van der Waals surface area contributed by atoms with Crippen LogP contribution >= 0.6 is 0 Å². The maximum atomic E-state index is 13.5. The van der Waals surface area contributed by atoms with Crippen LogP contribution in [0.4, 0.5) is 4.39 Å². The van der Waals surface area contributed by atoms with E-state index in [2.05, 4.69) is 15.5 Å². The predicted molar refractivity (Wildman–Crippen MR) is 66.5 cm³/mol. The largest absolute Gasteiger partial charge is 0.337 e. The van der Waals surface area contributed by atoms with E-state index in [-0.39, 0.29) is 5.82 Å². The summed E-state index contributed by atoms with van der Waals surface area (Å²) in [7, 11) is 1.81. The summed E-state index contributed by atoms with van der Waals surface area (Å²) in [6, 6.07) is 4.89. The lowest BCUT2D eigenvalue weighted by Gasteiger charge is -2.17. The minimum absolute atomic E-state index is 0.272. The topological polar surface area (TPSA) is 51.0 Å². The fourth-order valence-electron chi connectivity index (χ4n) is 1.43. The molecule has 0 atom stereocenters. The summed E-state index contributed by atoms with van der Waals surface area (Å²) < 4.78 is 18.7. The van der Waals surface area contributed by atoms with Crippen LogP contribution in [-0.4, -0.2) is 17.2 Å². The van der Waals surface area contributed by atoms with Crippen LogP contribution in [0.3, 0.4) is 0 Å². The second-order valence-corrected chi connectivity index (χ2v) is 4.76. The van der Waals surface area contributed by atoms with Gasteiger partial charge in [0.15, 0.2) is 0 Å². The van der Waals surface area contributed by atoms with Crippen LogP contribution in [0.5, 0.6) is 0 Å². The van der Waals surface area contributed by atoms with Crippen molar-refractivity contribution in [3.05, 3.63) is 35.5 Å². The van der Waals surface area contributed by atoms with E-state index in [0.29, 0.717) is 22.8 Å². The van der Waals surface area contributed by atoms with Crippen LogP contribution in [0, 0.1) is 12.7 Å². The van der Waals surface area contributed by atoms with E-state index in [1.54, 1.807) is 19.1 Å². The highest BCUT2D eigenvalue weighted by Gasteiger charge is 2.25. The van der Waals surface area contributed by atoms with Gasteiger partial charge >= 0.3 is 0 Å². The van der Waals surface area contributed by atoms with Gasteiger partial charge < -0.3 is 9.84 Å². The van der Waals surface area contributed by atoms with Gasteiger partial charge in [0.1, 0.15) is 5.82 Å². The summed E-state index contributed by atoms with van der Waals surface area (Å²) >= 11 is 0. The summed E-state index contributed by atoms with van der Waals surface area (Å²) in [5.74, 6) is 0.597. The van der Waals surface area contributed by atoms with Crippen LogP contribution in [0.1, 0.15) is 25.3 Å². The lowest BCUT2D eigenvalue weighted by molar-refractivity contribution is 0.281. The summed E-state index contributed by atoms with van der Waals surface area (Å²) in [6.07, 6.45) is 0. The zero-order chi connectivity index (χ0) is 13.3. The molecule has 2 aromatic rings. The van der Waals surface area contributed by atoms with Gasteiger partial charge in [-0.15, -0.1) is 0 Å². The van der Waals surface area contributed by atoms with Crippen LogP contribution in [-0.2, 0) is 5.54 Å². The van der Waals surface area contributed by atoms with E-state index < -0.39 is 5.54 Å². The molecule has 2 rings (SSSR count). The molecule has 0 aliphatic heterocycles. The molecule has 4 nitrogen and oxygen atoms in total. The van der Waals surface area contributed by atoms with Crippen molar-refractivity contribution < 1.29 is 8.91 Å². The number of halogens is 1. The van der Waals surface area contributed by atoms with Crippen molar-refractivity contribution in [2.75, 3.05) is 7.05 Å². The smallest absolute Gasteiger partial charge is 0.246 e. The quantitative estimate of drug-likeness (QED) is 0.908. The summed E-state index contributed by atoms with van der Waals surface area (Å²) in [5.41, 5.74) is 0.798. The van der Waals surface area contributed by atoms with Crippen molar-refractivity contribution in [2.45, 2.75) is 26.3 Å². The molecule has 0 saturated heterocycles. The zero-order valence-electron chi connectivity index (χ0n) is 10.9. The second kappa shape index (κ2) is 4.49. The van der Waals surface area contributed by atoms with Gasteiger partial charge in [-0.25, -0.2) is 4.39 Å². The van der Waals surface area contributed by atoms with Gasteiger partial charge in [0, 0.05) is 5.56 Å². The molecule has 0 amide bonds. The first-order valence-corrected chi connectivity index (χ1v) is 5.73. The number of benzene rings is 1. The minimum atomic E-state index is -0.408. The molecular weight excluding hydrogens is 233 g/mol. The molecule has 0 radical (unpaired) electrons. The molecule has 96 valence electrons. The van der Waals surface area contributed by atoms with Crippen LogP contribution in [0.15, 0.2) is 22.7 Å². The van der Waals surface area contributed by atoms with E-state index >= 15 is 0 Å². The van der Waals surface area contributed by atoms with E-state index in [0.717, 1.165) is 0 Å². The first-order valence-electron chi connectivity index (χ1n) is 5.73. The van der Waals surface area contributed by atoms with Crippen molar-refractivity contribution in [1.29, 1.82) is 0 Å². The Kier molecular flexibility index (Phi) is 3.17. The third-order valence-electron chi connectivity index (χ3n) is 3.02. The Morgan fingerprint density at radius 1 is 1.33 bits per heavy atom. The number of hydrogen-bond donors (Lipinski definition) is 1. The average molecular weight is 249 g/mol. The second-order valence-electron chi connectivity index (χ2n) is 4.76. The van der Waals surface area contributed by atoms with Crippen molar-refractivity contribution in [2.24, 2.45) is 0 Å². The summed E-state index contributed by atoms with van der Waals surface area (Å²) in [6.45, 7) is 5.57. The Hall–Kier alpha value is -1.75. The van der Waals surface area contributed by atoms with Gasteiger partial charge in [0.25, 0.3) is 0 Å². The molecule has 0 spiro atoms. The van der Waals surface area contributed by atoms with Gasteiger partial charge in [-0.1, -0.05) is 17.3 Å². The highest BCUT2D eigenvalue weighted by molar-refractivity contribution is 5.55. The molecule has 18 heavy (non-hydrogen) atoms. The minimum Gasteiger partial charge on any atom is -0.337 e. The van der Waals surface area contributed by atoms with E-state index in [9.17, 15) is 4.39 Å². The van der Waals surface area contributed by atoms with Gasteiger partial charge in [0.2, 0.25) is 11.7 Å². The number of aromatic nitrogens is 2. The molecule has 0 aliphatic rings. The van der Waals surface area contributed by atoms with Crippen LogP contribution < -0.4 is 5.32 Å². The van der Waals surface area contributed by atoms with Crippen molar-refractivity contribution in [1.82, 2.24) is 15.5 Å². The van der Waals surface area contributed by atoms with Crippen LogP contribution in [0.25, 0.3) is 11.4 Å². The predicted octanol–water partition coefficient (Wildman–Crippen LogP) is 2.64. The zero-order valence-corrected chi connectivity index (χ0v) is 10.9. The average Bonchev–Trinajstić information content (AvgIpc) is 2.83. The highest BCUT2D eigenvalue weighted by atomic mass is 19.1. The monoisotopic (exact) mass is 249 g/mol. The highest BCUT2D eigenvalue weighted by Crippen LogP contribution is 2.23. The number of aryl methyl sites for hydroxylation is 1. The van der Waals surface area contributed by atoms with Gasteiger partial charge in [-0.2, -0.15) is 4.98 Å². The van der Waals surface area contributed by atoms with Crippen LogP contribution in [0.2, 0.25) is 0 Å². The van der Waals surface area contributed by atoms with Gasteiger partial charge in [-0.3, -0.25) is 0 Å². The number of hydrogen-bond acceptors (Lipinski definition) is 4. The molecule has 0 fully saturated rings. The fourth-order valence-corrected chi connectivity index (χ4v) is 1.43. The molecule has 5 heteroatoms. The first-order chi connectivity index (χ1) is 8.44. The van der Waals surface area contributed by atoms with Crippen molar-refractivity contribution in [3.8, 4) is 11.4 Å². The first kappa shape index (κ1) is 12.7. The standard InChI is InChI=1S/C13H16FN3O/c1-8-5-6-9(7-10(8)14)11-16-12(18-17-11)13(2,3)15-4/h5-7,15H,1-4H3. The Morgan fingerprint density at radius 3 is 2.67 bits per heavy atom. The SMILES string of the molecule is CNC(C)(C)c1nc(-c2ccc(C)c(F)c2)no1. The Labute approximate surface area is 105 Å². The Morgan fingerprint density at radius 2 is 2.06 bits per heavy atom. The van der Waals surface area contributed by atoms with E-state index in [1.807, 2.05) is 20.9 Å². The molecule has 0 unspecified atom stereocenters. The Bertz CT molecular complexity index is 563. The van der Waals surface area contributed by atoms with Crippen molar-refractivity contribution in [3.63, 3.8) is 0 Å². The lowest BCUT2D eigenvalue weighted by atomic mass is 10.1. The lowest BCUT2D eigenvalue weighted by Crippen LogP contribution is -2.33. The Balaban J connectivity index is 2.38. The third-order valence-corrected chi connectivity index (χ3v) is 3.02. The molecule has 1 N–H and O–H groups in total. The molecule has 1 heterocycles. The molecular formula is C13H16FN3O. The number of rotatable bonds is 3. The summed E-state index contributed by atoms with van der Waals surface area (Å²) in [4.78, 5) is 4.29. The van der Waals surface area contributed by atoms with Crippen molar-refractivity contribution >= 4 is 0 Å². The molecule has 0 aliphatic carbocycles. The number of nitrogens with one attached hydrogen (secondary N) is 1. The third kappa shape index (κ3) is 2.26. The van der Waals surface area contributed by atoms with Gasteiger partial charge in [-0.05, 0) is 39.4 Å².